The molecule has 0 atom stereocenters. The summed E-state index contributed by atoms with van der Waals surface area (Å²) in [4.78, 5) is 12.4. The van der Waals surface area contributed by atoms with Crippen LogP contribution in [-0.2, 0) is 9.53 Å². The number of hydrogen-bond acceptors (Lipinski definition) is 3. The number of unbranched alkanes of at least 4 members (excludes halogenated alkanes) is 18. The molecule has 0 unspecified atom stereocenters. The average Bonchev–Trinajstić information content (AvgIpc) is 3.04. The molecule has 0 aliphatic carbocycles. The Bertz CT molecular complexity index is 659. The number of allylic oxidation sites excluding steroid dienone is 8. The number of ether oxygens (including phenoxy) is 1. The molecule has 0 amide bonds. The molecule has 0 radical (unpaired) electrons. The molecule has 0 aliphatic rings. The Labute approximate surface area is 282 Å². The number of nitrogens with one attached hydrogen (secondary N) is 1. The lowest BCUT2D eigenvalue weighted by Crippen LogP contribution is -2.19. The van der Waals surface area contributed by atoms with Gasteiger partial charge in [0.1, 0.15) is 6.10 Å². The highest BCUT2D eigenvalue weighted by molar-refractivity contribution is 5.69. The highest BCUT2D eigenvalue weighted by Gasteiger charge is 2.14. The third kappa shape index (κ3) is 36.7. The zero-order valence-corrected chi connectivity index (χ0v) is 30.5. The van der Waals surface area contributed by atoms with E-state index in [1.54, 1.807) is 0 Å². The maximum Gasteiger partial charge on any atom is 0.306 e. The third-order valence-corrected chi connectivity index (χ3v) is 8.56. The summed E-state index contributed by atoms with van der Waals surface area (Å²) in [5.41, 5.74) is 0. The summed E-state index contributed by atoms with van der Waals surface area (Å²) in [6.45, 7) is 5.39. The minimum Gasteiger partial charge on any atom is -0.462 e. The molecule has 0 aromatic heterocycles. The standard InChI is InChI=1S/C42H77NO2/c1-4-6-8-10-12-14-16-18-20-22-24-26-28-30-32-34-37-41(45-42(44)39-36-40-43-3)38-35-33-31-29-27-25-23-21-19-17-15-13-11-9-7-5-2/h12-15,18-21,41,43H,4-11,16-17,22-40H2,1-3H3. The fraction of sp³-hybridized carbons (Fsp3) is 0.786. The predicted molar refractivity (Wildman–Crippen MR) is 201 cm³/mol. The molecule has 1 N–H and O–H groups in total. The zero-order chi connectivity index (χ0) is 32.7. The molecule has 3 nitrogen and oxygen atoms in total. The predicted octanol–water partition coefficient (Wildman–Crippen LogP) is 13.3. The van der Waals surface area contributed by atoms with Crippen molar-refractivity contribution in [1.29, 1.82) is 0 Å². The molecule has 0 saturated heterocycles. The van der Waals surface area contributed by atoms with Gasteiger partial charge in [0.05, 0.1) is 0 Å². The van der Waals surface area contributed by atoms with Crippen LogP contribution >= 0.6 is 0 Å². The molecule has 0 spiro atoms. The quantitative estimate of drug-likeness (QED) is 0.0431. The van der Waals surface area contributed by atoms with Crippen molar-refractivity contribution in [2.24, 2.45) is 0 Å². The van der Waals surface area contributed by atoms with E-state index in [-0.39, 0.29) is 12.1 Å². The van der Waals surface area contributed by atoms with Crippen LogP contribution in [0.2, 0.25) is 0 Å². The number of carbonyl (C=O) groups is 1. The summed E-state index contributed by atoms with van der Waals surface area (Å²) in [5, 5.41) is 3.13. The Morgan fingerprint density at radius 1 is 0.511 bits per heavy atom. The molecular weight excluding hydrogens is 550 g/mol. The van der Waals surface area contributed by atoms with Crippen LogP contribution in [-0.4, -0.2) is 25.7 Å². The van der Waals surface area contributed by atoms with Crippen LogP contribution in [0.5, 0.6) is 0 Å². The van der Waals surface area contributed by atoms with Crippen molar-refractivity contribution in [2.45, 2.75) is 200 Å². The number of carbonyl (C=O) groups excluding carboxylic acids is 1. The molecule has 0 bridgehead atoms. The van der Waals surface area contributed by atoms with Gasteiger partial charge in [-0.2, -0.15) is 0 Å². The van der Waals surface area contributed by atoms with E-state index in [2.05, 4.69) is 67.8 Å². The summed E-state index contributed by atoms with van der Waals surface area (Å²) in [5.74, 6) is -0.00433. The highest BCUT2D eigenvalue weighted by atomic mass is 16.5. The number of hydrogen-bond donors (Lipinski definition) is 1. The molecule has 0 fully saturated rings. The zero-order valence-electron chi connectivity index (χ0n) is 30.5. The lowest BCUT2D eigenvalue weighted by molar-refractivity contribution is -0.150. The third-order valence-electron chi connectivity index (χ3n) is 8.56. The van der Waals surface area contributed by atoms with E-state index in [0.717, 1.165) is 38.6 Å². The molecule has 0 rings (SSSR count). The fourth-order valence-electron chi connectivity index (χ4n) is 5.64. The van der Waals surface area contributed by atoms with Crippen LogP contribution in [0.1, 0.15) is 194 Å². The van der Waals surface area contributed by atoms with Crippen molar-refractivity contribution >= 4 is 5.97 Å². The summed E-state index contributed by atoms with van der Waals surface area (Å²) in [6.07, 6.45) is 52.7. The molecule has 0 aromatic rings. The summed E-state index contributed by atoms with van der Waals surface area (Å²) in [7, 11) is 1.94. The Morgan fingerprint density at radius 3 is 1.29 bits per heavy atom. The van der Waals surface area contributed by atoms with Gasteiger partial charge in [-0.25, -0.2) is 0 Å². The fourth-order valence-corrected chi connectivity index (χ4v) is 5.64. The Morgan fingerprint density at radius 2 is 0.889 bits per heavy atom. The van der Waals surface area contributed by atoms with Gasteiger partial charge in [-0.05, 0) is 110 Å². The maximum absolute atomic E-state index is 12.4. The van der Waals surface area contributed by atoms with Gasteiger partial charge in [0.15, 0.2) is 0 Å². The van der Waals surface area contributed by atoms with Crippen molar-refractivity contribution in [1.82, 2.24) is 5.32 Å². The van der Waals surface area contributed by atoms with Crippen LogP contribution < -0.4 is 5.32 Å². The van der Waals surface area contributed by atoms with Gasteiger partial charge in [-0.15, -0.1) is 0 Å². The lowest BCUT2D eigenvalue weighted by Gasteiger charge is -2.18. The maximum atomic E-state index is 12.4. The van der Waals surface area contributed by atoms with Crippen molar-refractivity contribution in [3.8, 4) is 0 Å². The Balaban J connectivity index is 3.95. The van der Waals surface area contributed by atoms with Crippen LogP contribution in [0.3, 0.4) is 0 Å². The molecular formula is C42H77NO2. The Hall–Kier alpha value is -1.61. The van der Waals surface area contributed by atoms with E-state index in [1.807, 2.05) is 7.05 Å². The van der Waals surface area contributed by atoms with Crippen molar-refractivity contribution < 1.29 is 9.53 Å². The molecule has 0 heterocycles. The first kappa shape index (κ1) is 43.4. The minimum absolute atomic E-state index is 0.00433. The second kappa shape index (κ2) is 38.6. The molecule has 0 aromatic carbocycles. The molecule has 45 heavy (non-hydrogen) atoms. The number of esters is 1. The van der Waals surface area contributed by atoms with Gasteiger partial charge in [0, 0.05) is 6.42 Å². The van der Waals surface area contributed by atoms with E-state index in [4.69, 9.17) is 4.74 Å². The first-order valence-electron chi connectivity index (χ1n) is 19.7. The highest BCUT2D eigenvalue weighted by Crippen LogP contribution is 2.18. The van der Waals surface area contributed by atoms with Gasteiger partial charge in [-0.1, -0.05) is 140 Å². The molecule has 3 heteroatoms. The smallest absolute Gasteiger partial charge is 0.306 e. The van der Waals surface area contributed by atoms with Gasteiger partial charge >= 0.3 is 5.97 Å². The topological polar surface area (TPSA) is 38.3 Å². The summed E-state index contributed by atoms with van der Waals surface area (Å²) < 4.78 is 5.95. The van der Waals surface area contributed by atoms with Crippen LogP contribution in [0.4, 0.5) is 0 Å². The largest absolute Gasteiger partial charge is 0.462 e. The normalized spacial score (nSPS) is 12.9. The van der Waals surface area contributed by atoms with E-state index in [9.17, 15) is 4.79 Å². The van der Waals surface area contributed by atoms with Crippen molar-refractivity contribution in [3.05, 3.63) is 48.6 Å². The molecule has 262 valence electrons. The van der Waals surface area contributed by atoms with Gasteiger partial charge in [-0.3, -0.25) is 4.79 Å². The average molecular weight is 628 g/mol. The van der Waals surface area contributed by atoms with E-state index in [1.165, 1.54) is 141 Å². The van der Waals surface area contributed by atoms with Gasteiger partial charge < -0.3 is 10.1 Å². The second-order valence-corrected chi connectivity index (χ2v) is 13.1. The van der Waals surface area contributed by atoms with Gasteiger partial charge in [0.25, 0.3) is 0 Å². The summed E-state index contributed by atoms with van der Waals surface area (Å²) >= 11 is 0. The second-order valence-electron chi connectivity index (χ2n) is 13.1. The first-order valence-corrected chi connectivity index (χ1v) is 19.7. The van der Waals surface area contributed by atoms with E-state index < -0.39 is 0 Å². The van der Waals surface area contributed by atoms with Crippen LogP contribution in [0.25, 0.3) is 0 Å². The van der Waals surface area contributed by atoms with Crippen molar-refractivity contribution in [3.63, 3.8) is 0 Å². The van der Waals surface area contributed by atoms with Gasteiger partial charge in [0.2, 0.25) is 0 Å². The Kier molecular flexibility index (Phi) is 37.2. The van der Waals surface area contributed by atoms with Crippen molar-refractivity contribution in [2.75, 3.05) is 13.6 Å². The molecule has 0 saturated carbocycles. The van der Waals surface area contributed by atoms with Crippen LogP contribution in [0.15, 0.2) is 48.6 Å². The first-order chi connectivity index (χ1) is 22.2. The van der Waals surface area contributed by atoms with E-state index >= 15 is 0 Å². The van der Waals surface area contributed by atoms with Crippen LogP contribution in [0, 0.1) is 0 Å². The van der Waals surface area contributed by atoms with E-state index in [0.29, 0.717) is 6.42 Å². The molecule has 0 aliphatic heterocycles. The SMILES string of the molecule is CCCCCC=CCC=CCCCCCCCCC(CCCCCCCCC=CCC=CCCCCC)OC(=O)CCCNC. The monoisotopic (exact) mass is 628 g/mol. The minimum atomic E-state index is -0.00433. The summed E-state index contributed by atoms with van der Waals surface area (Å²) in [6, 6.07) is 0. The number of rotatable bonds is 35. The lowest BCUT2D eigenvalue weighted by atomic mass is 10.0.